The predicted molar refractivity (Wildman–Crippen MR) is 118 cm³/mol. The van der Waals surface area contributed by atoms with Crippen molar-refractivity contribution in [2.75, 3.05) is 23.9 Å². The van der Waals surface area contributed by atoms with Crippen molar-refractivity contribution in [3.63, 3.8) is 0 Å². The summed E-state index contributed by atoms with van der Waals surface area (Å²) in [6.07, 6.45) is 2.51. The SMILES string of the molecule is CCCC(NC(=O)c1ccc(NCc2cnc3nc(N)nc(N)c3n2)c(OC)c1)C(=O)O. The number of nitrogens with zero attached hydrogens (tertiary/aromatic N) is 4. The van der Waals surface area contributed by atoms with Gasteiger partial charge in [0.15, 0.2) is 17.0 Å². The third-order valence-electron chi connectivity index (χ3n) is 4.61. The van der Waals surface area contributed by atoms with Crippen LogP contribution in [0.25, 0.3) is 11.2 Å². The van der Waals surface area contributed by atoms with E-state index in [0.717, 1.165) is 0 Å². The Balaban J connectivity index is 1.74. The molecule has 1 amide bonds. The molecule has 0 radical (unpaired) electrons. The van der Waals surface area contributed by atoms with Crippen LogP contribution in [-0.2, 0) is 11.3 Å². The number of nitrogens with two attached hydrogens (primary N) is 2. The average Bonchev–Trinajstić information content (AvgIpc) is 2.77. The summed E-state index contributed by atoms with van der Waals surface area (Å²) in [6, 6.07) is 3.82. The van der Waals surface area contributed by atoms with E-state index in [9.17, 15) is 14.7 Å². The number of benzene rings is 1. The van der Waals surface area contributed by atoms with E-state index in [2.05, 4.69) is 30.6 Å². The maximum absolute atomic E-state index is 12.5. The van der Waals surface area contributed by atoms with Gasteiger partial charge in [-0.2, -0.15) is 9.97 Å². The van der Waals surface area contributed by atoms with Crippen LogP contribution >= 0.6 is 0 Å². The van der Waals surface area contributed by atoms with E-state index in [1.807, 2.05) is 6.92 Å². The van der Waals surface area contributed by atoms with E-state index in [0.29, 0.717) is 41.1 Å². The fraction of sp³-hybridized carbons (Fsp3) is 0.300. The first-order chi connectivity index (χ1) is 15.3. The minimum atomic E-state index is -1.07. The van der Waals surface area contributed by atoms with Crippen molar-refractivity contribution in [3.05, 3.63) is 35.7 Å². The number of carboxylic acid groups (broad SMARTS) is 1. The van der Waals surface area contributed by atoms with Crippen molar-refractivity contribution >= 4 is 40.5 Å². The number of hydrogen-bond donors (Lipinski definition) is 5. The molecule has 7 N–H and O–H groups in total. The molecule has 3 aromatic rings. The molecule has 2 aromatic heterocycles. The highest BCUT2D eigenvalue weighted by atomic mass is 16.5. The number of carbonyl (C=O) groups excluding carboxylic acids is 1. The molecule has 1 aromatic carbocycles. The number of methoxy groups -OCH3 is 1. The summed E-state index contributed by atoms with van der Waals surface area (Å²) < 4.78 is 5.38. The van der Waals surface area contributed by atoms with E-state index in [1.165, 1.54) is 19.4 Å². The summed E-state index contributed by atoms with van der Waals surface area (Å²) in [5.74, 6) is -1.00. The first kappa shape index (κ1) is 22.5. The fourth-order valence-electron chi connectivity index (χ4n) is 3.02. The standard InChI is InChI=1S/C20H24N8O4/c1-3-4-13(19(30)31)26-18(29)10-5-6-12(14(7-10)32-2)23-8-11-9-24-17-15(25-11)16(21)27-20(22)28-17/h5-7,9,13,23H,3-4,8H2,1-2H3,(H,26,29)(H,30,31)(H4,21,22,24,27,28). The van der Waals surface area contributed by atoms with Gasteiger partial charge in [0, 0.05) is 5.56 Å². The topological polar surface area (TPSA) is 191 Å². The molecule has 0 aliphatic heterocycles. The summed E-state index contributed by atoms with van der Waals surface area (Å²) in [7, 11) is 1.47. The maximum Gasteiger partial charge on any atom is 0.326 e. The van der Waals surface area contributed by atoms with Crippen molar-refractivity contribution in [3.8, 4) is 5.75 Å². The molecule has 1 atom stereocenters. The summed E-state index contributed by atoms with van der Waals surface area (Å²) in [5, 5.41) is 14.9. The van der Waals surface area contributed by atoms with Crippen LogP contribution in [0.15, 0.2) is 24.4 Å². The lowest BCUT2D eigenvalue weighted by molar-refractivity contribution is -0.139. The number of nitrogens with one attached hydrogen (secondary N) is 2. The number of aliphatic carboxylic acids is 1. The zero-order valence-corrected chi connectivity index (χ0v) is 17.6. The second-order valence-corrected chi connectivity index (χ2v) is 6.92. The molecule has 2 heterocycles. The molecule has 3 rings (SSSR count). The van der Waals surface area contributed by atoms with Crippen LogP contribution in [0.1, 0.15) is 35.8 Å². The first-order valence-corrected chi connectivity index (χ1v) is 9.82. The number of hydrogen-bond acceptors (Lipinski definition) is 10. The van der Waals surface area contributed by atoms with Gasteiger partial charge in [-0.15, -0.1) is 0 Å². The Hall–Kier alpha value is -4.22. The van der Waals surface area contributed by atoms with E-state index in [-0.39, 0.29) is 23.9 Å². The number of rotatable bonds is 9. The molecular weight excluding hydrogens is 416 g/mol. The second-order valence-electron chi connectivity index (χ2n) is 6.92. The number of carboxylic acids is 1. The Morgan fingerprint density at radius 3 is 2.69 bits per heavy atom. The largest absolute Gasteiger partial charge is 0.495 e. The molecule has 1 unspecified atom stereocenters. The second kappa shape index (κ2) is 9.73. The number of ether oxygens (including phenoxy) is 1. The molecule has 12 nitrogen and oxygen atoms in total. The highest BCUT2D eigenvalue weighted by molar-refractivity contribution is 5.97. The van der Waals surface area contributed by atoms with Gasteiger partial charge in [0.1, 0.15) is 11.8 Å². The monoisotopic (exact) mass is 440 g/mol. The minimum Gasteiger partial charge on any atom is -0.495 e. The molecule has 32 heavy (non-hydrogen) atoms. The number of amides is 1. The van der Waals surface area contributed by atoms with Crippen molar-refractivity contribution in [1.82, 2.24) is 25.3 Å². The van der Waals surface area contributed by atoms with Crippen LogP contribution < -0.4 is 26.8 Å². The Kier molecular flexibility index (Phi) is 6.83. The quantitative estimate of drug-likeness (QED) is 0.321. The summed E-state index contributed by atoms with van der Waals surface area (Å²) in [6.45, 7) is 2.13. The molecule has 0 fully saturated rings. The van der Waals surface area contributed by atoms with Crippen molar-refractivity contribution in [2.45, 2.75) is 32.4 Å². The van der Waals surface area contributed by atoms with E-state index >= 15 is 0 Å². The predicted octanol–water partition coefficient (Wildman–Crippen LogP) is 1.19. The summed E-state index contributed by atoms with van der Waals surface area (Å²) in [5.41, 5.74) is 13.5. The number of anilines is 3. The van der Waals surface area contributed by atoms with Gasteiger partial charge in [-0.3, -0.25) is 4.79 Å². The van der Waals surface area contributed by atoms with E-state index in [4.69, 9.17) is 16.2 Å². The highest BCUT2D eigenvalue weighted by Crippen LogP contribution is 2.26. The Morgan fingerprint density at radius 2 is 2.00 bits per heavy atom. The number of fused-ring (bicyclic) bond motifs is 1. The normalized spacial score (nSPS) is 11.7. The zero-order valence-electron chi connectivity index (χ0n) is 17.6. The van der Waals surface area contributed by atoms with E-state index < -0.39 is 17.9 Å². The summed E-state index contributed by atoms with van der Waals surface area (Å²) >= 11 is 0. The van der Waals surface area contributed by atoms with Crippen LogP contribution in [0.5, 0.6) is 5.75 Å². The van der Waals surface area contributed by atoms with Gasteiger partial charge in [0.05, 0.1) is 31.2 Å². The van der Waals surface area contributed by atoms with Crippen LogP contribution in [0, 0.1) is 0 Å². The smallest absolute Gasteiger partial charge is 0.326 e. The van der Waals surface area contributed by atoms with Crippen LogP contribution in [-0.4, -0.2) is 50.1 Å². The van der Waals surface area contributed by atoms with E-state index in [1.54, 1.807) is 12.1 Å². The van der Waals surface area contributed by atoms with Gasteiger partial charge in [0.2, 0.25) is 5.95 Å². The highest BCUT2D eigenvalue weighted by Gasteiger charge is 2.20. The molecule has 0 aliphatic rings. The first-order valence-electron chi connectivity index (χ1n) is 9.82. The lowest BCUT2D eigenvalue weighted by atomic mass is 10.1. The molecule has 0 bridgehead atoms. The van der Waals surface area contributed by atoms with Crippen LogP contribution in [0.2, 0.25) is 0 Å². The lowest BCUT2D eigenvalue weighted by Crippen LogP contribution is -2.40. The van der Waals surface area contributed by atoms with Crippen molar-refractivity contribution < 1.29 is 19.4 Å². The minimum absolute atomic E-state index is 0.0217. The Bertz CT molecular complexity index is 1150. The summed E-state index contributed by atoms with van der Waals surface area (Å²) in [4.78, 5) is 40.3. The van der Waals surface area contributed by atoms with Gasteiger partial charge in [-0.05, 0) is 24.6 Å². The van der Waals surface area contributed by atoms with Gasteiger partial charge < -0.3 is 31.9 Å². The number of aromatic nitrogens is 4. The van der Waals surface area contributed by atoms with Crippen LogP contribution in [0.4, 0.5) is 17.5 Å². The number of nitrogen functional groups attached to an aromatic ring is 2. The van der Waals surface area contributed by atoms with Gasteiger partial charge in [0.25, 0.3) is 5.91 Å². The fourth-order valence-corrected chi connectivity index (χ4v) is 3.02. The molecule has 12 heteroatoms. The average molecular weight is 440 g/mol. The molecular formula is C20H24N8O4. The number of carbonyl (C=O) groups is 2. The molecule has 0 aliphatic carbocycles. The van der Waals surface area contributed by atoms with Gasteiger partial charge in [-0.25, -0.2) is 14.8 Å². The maximum atomic E-state index is 12.5. The van der Waals surface area contributed by atoms with Gasteiger partial charge >= 0.3 is 5.97 Å². The lowest BCUT2D eigenvalue weighted by Gasteiger charge is -2.15. The van der Waals surface area contributed by atoms with Crippen molar-refractivity contribution in [2.24, 2.45) is 0 Å². The molecule has 168 valence electrons. The van der Waals surface area contributed by atoms with Crippen LogP contribution in [0.3, 0.4) is 0 Å². The third kappa shape index (κ3) is 5.09. The molecule has 0 spiro atoms. The molecule has 0 saturated carbocycles. The van der Waals surface area contributed by atoms with Gasteiger partial charge in [-0.1, -0.05) is 13.3 Å². The zero-order chi connectivity index (χ0) is 23.3. The van der Waals surface area contributed by atoms with Crippen molar-refractivity contribution in [1.29, 1.82) is 0 Å². The Labute approximate surface area is 183 Å². The third-order valence-corrected chi connectivity index (χ3v) is 4.61. The molecule has 0 saturated heterocycles. The Morgan fingerprint density at radius 1 is 1.22 bits per heavy atom.